The fourth-order valence-corrected chi connectivity index (χ4v) is 2.78. The standard InChI is InChI=1S/C17H24N4O2.ClH/c1-4-5-13-15-12(17(22)21(3)9-8-18-2)10-14(11-6-7-11)19-16(15)23-20-13;/h10-11,18H,4-9H2,1-3H3;1H. The van der Waals surface area contributed by atoms with Crippen LogP contribution in [0, 0.1) is 0 Å². The van der Waals surface area contributed by atoms with Crippen LogP contribution in [0.4, 0.5) is 0 Å². The van der Waals surface area contributed by atoms with E-state index in [4.69, 9.17) is 4.52 Å². The highest BCUT2D eigenvalue weighted by atomic mass is 35.5. The van der Waals surface area contributed by atoms with E-state index in [1.54, 1.807) is 4.90 Å². The average molecular weight is 353 g/mol. The molecular weight excluding hydrogens is 328 g/mol. The molecule has 1 aliphatic rings. The second kappa shape index (κ2) is 7.94. The van der Waals surface area contributed by atoms with Crippen molar-refractivity contribution >= 4 is 29.4 Å². The summed E-state index contributed by atoms with van der Waals surface area (Å²) in [7, 11) is 3.71. The second-order valence-corrected chi connectivity index (χ2v) is 6.26. The van der Waals surface area contributed by atoms with Crippen LogP contribution in [-0.4, -0.2) is 48.1 Å². The number of amides is 1. The number of pyridine rings is 1. The Morgan fingerprint density at radius 2 is 2.21 bits per heavy atom. The molecule has 1 N–H and O–H groups in total. The summed E-state index contributed by atoms with van der Waals surface area (Å²) in [6.45, 7) is 3.51. The Kier molecular flexibility index (Phi) is 6.18. The molecule has 0 unspecified atom stereocenters. The topological polar surface area (TPSA) is 71.3 Å². The number of nitrogens with one attached hydrogen (secondary N) is 1. The fraction of sp³-hybridized carbons (Fsp3) is 0.588. The van der Waals surface area contributed by atoms with Crippen molar-refractivity contribution in [2.45, 2.75) is 38.5 Å². The van der Waals surface area contributed by atoms with E-state index >= 15 is 0 Å². The third-order valence-corrected chi connectivity index (χ3v) is 4.29. The van der Waals surface area contributed by atoms with E-state index in [1.807, 2.05) is 20.2 Å². The normalized spacial score (nSPS) is 13.8. The Labute approximate surface area is 148 Å². The maximum absolute atomic E-state index is 12.9. The van der Waals surface area contributed by atoms with Gasteiger partial charge < -0.3 is 14.7 Å². The second-order valence-electron chi connectivity index (χ2n) is 6.26. The van der Waals surface area contributed by atoms with E-state index in [0.29, 0.717) is 23.7 Å². The zero-order chi connectivity index (χ0) is 16.4. The van der Waals surface area contributed by atoms with Crippen molar-refractivity contribution < 1.29 is 9.32 Å². The summed E-state index contributed by atoms with van der Waals surface area (Å²) in [6.07, 6.45) is 4.02. The van der Waals surface area contributed by atoms with Gasteiger partial charge in [-0.05, 0) is 32.4 Å². The summed E-state index contributed by atoms with van der Waals surface area (Å²) in [5.41, 5.74) is 2.98. The number of likely N-dealkylation sites (N-methyl/N-ethyl adjacent to an activating group) is 2. The molecule has 0 radical (unpaired) electrons. The number of nitrogens with zero attached hydrogens (tertiary/aromatic N) is 3. The molecule has 0 aromatic carbocycles. The summed E-state index contributed by atoms with van der Waals surface area (Å²) in [6, 6.07) is 1.95. The third kappa shape index (κ3) is 3.70. The van der Waals surface area contributed by atoms with Gasteiger partial charge in [0, 0.05) is 31.7 Å². The summed E-state index contributed by atoms with van der Waals surface area (Å²) in [5, 5.41) is 8.01. The highest BCUT2D eigenvalue weighted by molar-refractivity contribution is 6.06. The first kappa shape index (κ1) is 18.7. The van der Waals surface area contributed by atoms with Gasteiger partial charge in [-0.3, -0.25) is 4.79 Å². The monoisotopic (exact) mass is 352 g/mol. The van der Waals surface area contributed by atoms with Crippen molar-refractivity contribution in [3.05, 3.63) is 23.0 Å². The van der Waals surface area contributed by atoms with E-state index in [2.05, 4.69) is 22.4 Å². The molecule has 0 atom stereocenters. The summed E-state index contributed by atoms with van der Waals surface area (Å²) in [4.78, 5) is 19.2. The number of hydrogen-bond donors (Lipinski definition) is 1. The largest absolute Gasteiger partial charge is 0.340 e. The van der Waals surface area contributed by atoms with Gasteiger partial charge in [-0.1, -0.05) is 18.5 Å². The van der Waals surface area contributed by atoms with E-state index < -0.39 is 0 Å². The molecule has 1 amide bonds. The molecule has 1 aliphatic carbocycles. The molecule has 7 heteroatoms. The van der Waals surface area contributed by atoms with Gasteiger partial charge in [0.1, 0.15) is 0 Å². The molecule has 3 rings (SSSR count). The van der Waals surface area contributed by atoms with Crippen LogP contribution >= 0.6 is 12.4 Å². The first-order valence-electron chi connectivity index (χ1n) is 8.35. The zero-order valence-electron chi connectivity index (χ0n) is 14.5. The highest BCUT2D eigenvalue weighted by Gasteiger charge is 2.29. The van der Waals surface area contributed by atoms with Crippen LogP contribution in [0.25, 0.3) is 11.1 Å². The molecule has 0 bridgehead atoms. The van der Waals surface area contributed by atoms with E-state index in [-0.39, 0.29) is 18.3 Å². The molecule has 2 aromatic heterocycles. The molecule has 24 heavy (non-hydrogen) atoms. The fourth-order valence-electron chi connectivity index (χ4n) is 2.78. The SMILES string of the molecule is CCCc1noc2nc(C3CC3)cc(C(=O)N(C)CCNC)c12.Cl. The molecule has 2 aromatic rings. The first-order valence-corrected chi connectivity index (χ1v) is 8.35. The number of hydrogen-bond acceptors (Lipinski definition) is 5. The van der Waals surface area contributed by atoms with Gasteiger partial charge in [-0.25, -0.2) is 4.98 Å². The smallest absolute Gasteiger partial charge is 0.259 e. The van der Waals surface area contributed by atoms with Crippen LogP contribution in [0.15, 0.2) is 10.6 Å². The molecule has 0 spiro atoms. The highest BCUT2D eigenvalue weighted by Crippen LogP contribution is 2.40. The lowest BCUT2D eigenvalue weighted by molar-refractivity contribution is 0.0798. The summed E-state index contributed by atoms with van der Waals surface area (Å²) >= 11 is 0. The van der Waals surface area contributed by atoms with Gasteiger partial charge in [-0.15, -0.1) is 12.4 Å². The quantitative estimate of drug-likeness (QED) is 0.829. The molecule has 6 nitrogen and oxygen atoms in total. The van der Waals surface area contributed by atoms with Crippen LogP contribution in [0.3, 0.4) is 0 Å². The van der Waals surface area contributed by atoms with E-state index in [1.165, 1.54) is 0 Å². The van der Waals surface area contributed by atoms with Crippen molar-refractivity contribution in [3.63, 3.8) is 0 Å². The Balaban J connectivity index is 0.00000208. The minimum Gasteiger partial charge on any atom is -0.340 e. The molecular formula is C17H25ClN4O2. The van der Waals surface area contributed by atoms with Crippen molar-refractivity contribution in [2.75, 3.05) is 27.2 Å². The van der Waals surface area contributed by atoms with Crippen molar-refractivity contribution in [1.82, 2.24) is 20.4 Å². The number of carbonyl (C=O) groups excluding carboxylic acids is 1. The molecule has 1 fully saturated rings. The van der Waals surface area contributed by atoms with Gasteiger partial charge in [0.15, 0.2) is 0 Å². The zero-order valence-corrected chi connectivity index (χ0v) is 15.3. The maximum atomic E-state index is 12.9. The number of aromatic nitrogens is 2. The minimum atomic E-state index is 0. The molecule has 2 heterocycles. The van der Waals surface area contributed by atoms with Gasteiger partial charge >= 0.3 is 0 Å². The molecule has 0 saturated heterocycles. The number of aryl methyl sites for hydroxylation is 1. The average Bonchev–Trinajstić information content (AvgIpc) is 3.34. The first-order chi connectivity index (χ1) is 11.2. The lowest BCUT2D eigenvalue weighted by Gasteiger charge is -2.18. The number of fused-ring (bicyclic) bond motifs is 1. The van der Waals surface area contributed by atoms with Crippen LogP contribution in [-0.2, 0) is 6.42 Å². The Bertz CT molecular complexity index is 712. The van der Waals surface area contributed by atoms with Crippen molar-refractivity contribution in [3.8, 4) is 0 Å². The lowest BCUT2D eigenvalue weighted by atomic mass is 10.0. The maximum Gasteiger partial charge on any atom is 0.259 e. The van der Waals surface area contributed by atoms with Gasteiger partial charge in [-0.2, -0.15) is 0 Å². The van der Waals surface area contributed by atoms with Gasteiger partial charge in [0.05, 0.1) is 16.6 Å². The molecule has 1 saturated carbocycles. The molecule has 0 aliphatic heterocycles. The van der Waals surface area contributed by atoms with Crippen LogP contribution < -0.4 is 5.32 Å². The predicted octanol–water partition coefficient (Wildman–Crippen LogP) is 2.77. The van der Waals surface area contributed by atoms with Gasteiger partial charge in [0.2, 0.25) is 0 Å². The van der Waals surface area contributed by atoms with E-state index in [0.717, 1.165) is 49.0 Å². The van der Waals surface area contributed by atoms with Crippen LogP contribution in [0.2, 0.25) is 0 Å². The molecule has 132 valence electrons. The predicted molar refractivity (Wildman–Crippen MR) is 95.9 cm³/mol. The Hall–Kier alpha value is -1.66. The third-order valence-electron chi connectivity index (χ3n) is 4.29. The summed E-state index contributed by atoms with van der Waals surface area (Å²) in [5.74, 6) is 0.475. The van der Waals surface area contributed by atoms with Crippen molar-refractivity contribution in [2.24, 2.45) is 0 Å². The van der Waals surface area contributed by atoms with E-state index in [9.17, 15) is 4.79 Å². The number of rotatable bonds is 7. The van der Waals surface area contributed by atoms with Crippen LogP contribution in [0.5, 0.6) is 0 Å². The Morgan fingerprint density at radius 3 is 2.83 bits per heavy atom. The number of halogens is 1. The minimum absolute atomic E-state index is 0. The Morgan fingerprint density at radius 1 is 1.46 bits per heavy atom. The number of carbonyl (C=O) groups is 1. The lowest BCUT2D eigenvalue weighted by Crippen LogP contribution is -2.33. The summed E-state index contributed by atoms with van der Waals surface area (Å²) < 4.78 is 5.43. The van der Waals surface area contributed by atoms with Gasteiger partial charge in [0.25, 0.3) is 11.6 Å². The van der Waals surface area contributed by atoms with Crippen molar-refractivity contribution in [1.29, 1.82) is 0 Å². The van der Waals surface area contributed by atoms with Crippen LogP contribution in [0.1, 0.15) is 53.8 Å².